The van der Waals surface area contributed by atoms with Crippen LogP contribution in [0.4, 0.5) is 0 Å². The highest BCUT2D eigenvalue weighted by Gasteiger charge is 2.21. The van der Waals surface area contributed by atoms with Crippen LogP contribution in [-0.2, 0) is 11.2 Å². The minimum absolute atomic E-state index is 0.144. The highest BCUT2D eigenvalue weighted by molar-refractivity contribution is 5.94. The first kappa shape index (κ1) is 13.0. The largest absolute Gasteiger partial charge is 0.474 e. The molecule has 1 aliphatic heterocycles. The van der Waals surface area contributed by atoms with Crippen molar-refractivity contribution in [1.29, 1.82) is 0 Å². The lowest BCUT2D eigenvalue weighted by Gasteiger charge is -2.04. The van der Waals surface area contributed by atoms with Crippen LogP contribution >= 0.6 is 0 Å². The van der Waals surface area contributed by atoms with Gasteiger partial charge in [0.2, 0.25) is 5.90 Å². The van der Waals surface area contributed by atoms with Crippen molar-refractivity contribution >= 4 is 16.9 Å². The molecule has 3 aromatic rings. The zero-order chi connectivity index (χ0) is 14.8. The first-order chi connectivity index (χ1) is 10.9. The van der Waals surface area contributed by atoms with E-state index in [0.29, 0.717) is 18.2 Å². The maximum Gasteiger partial charge on any atom is 0.237 e. The molecule has 4 nitrogen and oxygen atoms in total. The summed E-state index contributed by atoms with van der Waals surface area (Å²) in [6.45, 7) is 0.596. The first-order valence-corrected chi connectivity index (χ1v) is 7.35. The van der Waals surface area contributed by atoms with Gasteiger partial charge in [0, 0.05) is 0 Å². The van der Waals surface area contributed by atoms with E-state index < -0.39 is 0 Å². The Morgan fingerprint density at radius 2 is 1.73 bits per heavy atom. The summed E-state index contributed by atoms with van der Waals surface area (Å²) < 4.78 is 5.72. The van der Waals surface area contributed by atoms with E-state index in [-0.39, 0.29) is 6.04 Å². The number of hydrogen-bond acceptors (Lipinski definition) is 4. The SMILES string of the molecule is c1ccc(C[C@H]2COC(c3cnc4ccccc4n3)=N2)cc1. The Bertz CT molecular complexity index is 830. The van der Waals surface area contributed by atoms with Crippen molar-refractivity contribution in [2.24, 2.45) is 4.99 Å². The van der Waals surface area contributed by atoms with Crippen LogP contribution in [0, 0.1) is 0 Å². The van der Waals surface area contributed by atoms with E-state index in [0.717, 1.165) is 17.5 Å². The molecule has 108 valence electrons. The Labute approximate surface area is 128 Å². The highest BCUT2D eigenvalue weighted by atomic mass is 16.5. The molecule has 0 fully saturated rings. The molecule has 0 radical (unpaired) electrons. The Hall–Kier alpha value is -2.75. The van der Waals surface area contributed by atoms with Crippen molar-refractivity contribution in [2.75, 3.05) is 6.61 Å². The molecular formula is C18H15N3O. The number of nitrogens with zero attached hydrogens (tertiary/aromatic N) is 3. The van der Waals surface area contributed by atoms with Gasteiger partial charge in [0.05, 0.1) is 23.3 Å². The van der Waals surface area contributed by atoms with Crippen LogP contribution in [-0.4, -0.2) is 28.5 Å². The predicted octanol–water partition coefficient (Wildman–Crippen LogP) is 3.02. The van der Waals surface area contributed by atoms with Gasteiger partial charge < -0.3 is 4.74 Å². The minimum Gasteiger partial charge on any atom is -0.474 e. The van der Waals surface area contributed by atoms with Crippen molar-refractivity contribution in [3.05, 3.63) is 72.1 Å². The number of fused-ring (bicyclic) bond motifs is 1. The number of benzene rings is 2. The summed E-state index contributed by atoms with van der Waals surface area (Å²) in [6, 6.07) is 18.3. The van der Waals surface area contributed by atoms with E-state index in [1.807, 2.05) is 42.5 Å². The average Bonchev–Trinajstić information content (AvgIpc) is 3.04. The molecule has 1 atom stereocenters. The van der Waals surface area contributed by atoms with Crippen LogP contribution in [0.2, 0.25) is 0 Å². The van der Waals surface area contributed by atoms with Gasteiger partial charge in [0.15, 0.2) is 0 Å². The van der Waals surface area contributed by atoms with E-state index in [2.05, 4.69) is 27.1 Å². The van der Waals surface area contributed by atoms with Crippen molar-refractivity contribution in [2.45, 2.75) is 12.5 Å². The number of aliphatic imine (C=N–C) groups is 1. The molecular weight excluding hydrogens is 274 g/mol. The Morgan fingerprint density at radius 1 is 0.955 bits per heavy atom. The third-order valence-corrected chi connectivity index (χ3v) is 3.69. The summed E-state index contributed by atoms with van der Waals surface area (Å²) in [7, 11) is 0. The molecule has 22 heavy (non-hydrogen) atoms. The van der Waals surface area contributed by atoms with Crippen molar-refractivity contribution in [3.8, 4) is 0 Å². The summed E-state index contributed by atoms with van der Waals surface area (Å²) in [5, 5.41) is 0. The molecule has 0 bridgehead atoms. The van der Waals surface area contributed by atoms with Crippen LogP contribution in [0.15, 0.2) is 65.8 Å². The van der Waals surface area contributed by atoms with E-state index >= 15 is 0 Å². The maximum absolute atomic E-state index is 5.72. The van der Waals surface area contributed by atoms with Crippen molar-refractivity contribution in [1.82, 2.24) is 9.97 Å². The fourth-order valence-electron chi connectivity index (χ4n) is 2.61. The lowest BCUT2D eigenvalue weighted by atomic mass is 10.1. The summed E-state index contributed by atoms with van der Waals surface area (Å²) in [4.78, 5) is 13.6. The van der Waals surface area contributed by atoms with Gasteiger partial charge in [-0.15, -0.1) is 0 Å². The van der Waals surface area contributed by atoms with Crippen LogP contribution in [0.5, 0.6) is 0 Å². The molecule has 2 heterocycles. The summed E-state index contributed by atoms with van der Waals surface area (Å²) >= 11 is 0. The third kappa shape index (κ3) is 2.55. The lowest BCUT2D eigenvalue weighted by molar-refractivity contribution is 0.316. The fourth-order valence-corrected chi connectivity index (χ4v) is 2.61. The summed E-state index contributed by atoms with van der Waals surface area (Å²) in [6.07, 6.45) is 2.61. The van der Waals surface area contributed by atoms with Crippen LogP contribution in [0.25, 0.3) is 11.0 Å². The van der Waals surface area contributed by atoms with Gasteiger partial charge in [0.25, 0.3) is 0 Å². The van der Waals surface area contributed by atoms with Crippen LogP contribution in [0.3, 0.4) is 0 Å². The van der Waals surface area contributed by atoms with Gasteiger partial charge in [-0.1, -0.05) is 42.5 Å². The van der Waals surface area contributed by atoms with E-state index in [1.165, 1.54) is 5.56 Å². The normalized spacial score (nSPS) is 17.3. The van der Waals surface area contributed by atoms with E-state index in [9.17, 15) is 0 Å². The lowest BCUT2D eigenvalue weighted by Crippen LogP contribution is -2.09. The number of rotatable bonds is 3. The summed E-state index contributed by atoms with van der Waals surface area (Å²) in [5.74, 6) is 0.596. The highest BCUT2D eigenvalue weighted by Crippen LogP contribution is 2.16. The number of aromatic nitrogens is 2. The Kier molecular flexibility index (Phi) is 3.27. The molecule has 0 unspecified atom stereocenters. The zero-order valence-corrected chi connectivity index (χ0v) is 12.0. The average molecular weight is 289 g/mol. The standard InChI is InChI=1S/C18H15N3O/c1-2-6-13(7-3-1)10-14-12-22-18(20-14)17-11-19-15-8-4-5-9-16(15)21-17/h1-9,11,14H,10,12H2/t14-/m0/s1. The molecule has 0 saturated heterocycles. The monoisotopic (exact) mass is 289 g/mol. The molecule has 1 aliphatic rings. The Morgan fingerprint density at radius 3 is 2.59 bits per heavy atom. The van der Waals surface area contributed by atoms with Crippen molar-refractivity contribution in [3.63, 3.8) is 0 Å². The third-order valence-electron chi connectivity index (χ3n) is 3.69. The van der Waals surface area contributed by atoms with Gasteiger partial charge in [-0.25, -0.2) is 9.98 Å². The number of para-hydroxylation sites is 2. The molecule has 0 aliphatic carbocycles. The molecule has 0 amide bonds. The van der Waals surface area contributed by atoms with Gasteiger partial charge in [0.1, 0.15) is 12.3 Å². The number of ether oxygens (including phenoxy) is 1. The molecule has 0 saturated carbocycles. The summed E-state index contributed by atoms with van der Waals surface area (Å²) in [5.41, 5.74) is 3.71. The second-order valence-electron chi connectivity index (χ2n) is 5.33. The van der Waals surface area contributed by atoms with Crippen LogP contribution < -0.4 is 0 Å². The topological polar surface area (TPSA) is 47.4 Å². The molecule has 0 N–H and O–H groups in total. The van der Waals surface area contributed by atoms with Gasteiger partial charge >= 0.3 is 0 Å². The van der Waals surface area contributed by atoms with Gasteiger partial charge in [-0.2, -0.15) is 0 Å². The smallest absolute Gasteiger partial charge is 0.237 e. The molecule has 4 rings (SSSR count). The maximum atomic E-state index is 5.72. The molecule has 1 aromatic heterocycles. The molecule has 2 aromatic carbocycles. The molecule has 4 heteroatoms. The second kappa shape index (κ2) is 5.56. The zero-order valence-electron chi connectivity index (χ0n) is 12.0. The van der Waals surface area contributed by atoms with Gasteiger partial charge in [-0.3, -0.25) is 4.98 Å². The van der Waals surface area contributed by atoms with E-state index in [1.54, 1.807) is 6.20 Å². The molecule has 0 spiro atoms. The predicted molar refractivity (Wildman–Crippen MR) is 86.0 cm³/mol. The number of hydrogen-bond donors (Lipinski definition) is 0. The van der Waals surface area contributed by atoms with Gasteiger partial charge in [-0.05, 0) is 24.1 Å². The van der Waals surface area contributed by atoms with E-state index in [4.69, 9.17) is 4.74 Å². The second-order valence-corrected chi connectivity index (χ2v) is 5.33. The fraction of sp³-hybridized carbons (Fsp3) is 0.167. The first-order valence-electron chi connectivity index (χ1n) is 7.35. The van der Waals surface area contributed by atoms with Crippen LogP contribution in [0.1, 0.15) is 11.3 Å². The minimum atomic E-state index is 0.144. The quantitative estimate of drug-likeness (QED) is 0.744. The van der Waals surface area contributed by atoms with Crippen molar-refractivity contribution < 1.29 is 4.74 Å². The Balaban J connectivity index is 1.58.